The van der Waals surface area contributed by atoms with E-state index in [1.165, 1.54) is 5.56 Å². The van der Waals surface area contributed by atoms with E-state index in [9.17, 15) is 4.79 Å². The number of rotatable bonds is 8. The van der Waals surface area contributed by atoms with Crippen molar-refractivity contribution in [1.82, 2.24) is 5.32 Å². The molecule has 0 saturated heterocycles. The van der Waals surface area contributed by atoms with E-state index >= 15 is 0 Å². The Kier molecular flexibility index (Phi) is 6.47. The van der Waals surface area contributed by atoms with Gasteiger partial charge in [0.05, 0.1) is 19.8 Å². The maximum Gasteiger partial charge on any atom is 0.224 e. The Bertz CT molecular complexity index is 876. The second-order valence-electron chi connectivity index (χ2n) is 5.83. The molecular weight excluding hydrogens is 370 g/mol. The molecule has 0 aliphatic carbocycles. The van der Waals surface area contributed by atoms with E-state index in [4.69, 9.17) is 20.8 Å². The Morgan fingerprint density at radius 3 is 2.81 bits per heavy atom. The molecule has 1 aromatic heterocycles. The van der Waals surface area contributed by atoms with Crippen molar-refractivity contribution in [2.45, 2.75) is 12.2 Å². The molecule has 0 radical (unpaired) electrons. The molecule has 3 rings (SSSR count). The molecule has 0 fully saturated rings. The maximum absolute atomic E-state index is 12.1. The second-order valence-corrected chi connectivity index (χ2v) is 7.37. The van der Waals surface area contributed by atoms with Gasteiger partial charge in [-0.1, -0.05) is 23.7 Å². The molecule has 0 bridgehead atoms. The number of thioether (sulfide) groups is 1. The molecule has 0 atom stereocenters. The van der Waals surface area contributed by atoms with Gasteiger partial charge in [0.15, 0.2) is 0 Å². The first kappa shape index (κ1) is 18.7. The lowest BCUT2D eigenvalue weighted by atomic mass is 10.1. The molecule has 26 heavy (non-hydrogen) atoms. The molecule has 0 saturated carbocycles. The van der Waals surface area contributed by atoms with Gasteiger partial charge in [-0.2, -0.15) is 11.8 Å². The third kappa shape index (κ3) is 4.96. The van der Waals surface area contributed by atoms with E-state index in [-0.39, 0.29) is 5.91 Å². The summed E-state index contributed by atoms with van der Waals surface area (Å²) < 4.78 is 10.7. The van der Waals surface area contributed by atoms with Crippen molar-refractivity contribution in [2.24, 2.45) is 0 Å². The highest BCUT2D eigenvalue weighted by molar-refractivity contribution is 7.98. The third-order valence-corrected chi connectivity index (χ3v) is 5.25. The van der Waals surface area contributed by atoms with E-state index in [0.717, 1.165) is 38.8 Å². The number of amides is 1. The predicted octanol–water partition coefficient (Wildman–Crippen LogP) is 4.69. The molecule has 0 spiro atoms. The number of halogens is 1. The zero-order valence-electron chi connectivity index (χ0n) is 14.5. The highest BCUT2D eigenvalue weighted by Crippen LogP contribution is 2.25. The van der Waals surface area contributed by atoms with Gasteiger partial charge < -0.3 is 14.5 Å². The number of carbonyl (C=O) groups excluding carboxylic acids is 1. The van der Waals surface area contributed by atoms with E-state index in [0.29, 0.717) is 13.0 Å². The minimum atomic E-state index is -0.00406. The zero-order chi connectivity index (χ0) is 18.4. The van der Waals surface area contributed by atoms with Crippen LogP contribution < -0.4 is 10.1 Å². The number of hydrogen-bond acceptors (Lipinski definition) is 4. The third-order valence-electron chi connectivity index (χ3n) is 3.96. The minimum absolute atomic E-state index is 0.00406. The first-order valence-corrected chi connectivity index (χ1v) is 9.82. The smallest absolute Gasteiger partial charge is 0.224 e. The van der Waals surface area contributed by atoms with Crippen molar-refractivity contribution in [3.05, 3.63) is 64.9 Å². The van der Waals surface area contributed by atoms with E-state index in [1.807, 2.05) is 42.5 Å². The number of benzene rings is 2. The summed E-state index contributed by atoms with van der Waals surface area (Å²) in [7, 11) is 1.61. The number of methoxy groups -OCH3 is 1. The second kappa shape index (κ2) is 9.01. The topological polar surface area (TPSA) is 51.5 Å². The highest BCUT2D eigenvalue weighted by Gasteiger charge is 2.11. The fourth-order valence-corrected chi connectivity index (χ4v) is 3.54. The summed E-state index contributed by atoms with van der Waals surface area (Å²) in [6, 6.07) is 13.4. The van der Waals surface area contributed by atoms with Crippen molar-refractivity contribution in [3.8, 4) is 5.75 Å². The number of nitrogens with one attached hydrogen (secondary N) is 1. The SMILES string of the molecule is COc1ccc2c(CC(=O)NCCSCc3ccc(Cl)cc3)coc2c1. The fourth-order valence-electron chi connectivity index (χ4n) is 2.60. The summed E-state index contributed by atoms with van der Waals surface area (Å²) in [4.78, 5) is 12.1. The van der Waals surface area contributed by atoms with E-state index in [2.05, 4.69) is 5.32 Å². The van der Waals surface area contributed by atoms with Gasteiger partial charge in [-0.05, 0) is 29.8 Å². The number of furan rings is 1. The summed E-state index contributed by atoms with van der Waals surface area (Å²) in [6.07, 6.45) is 1.94. The Balaban J connectivity index is 1.42. The van der Waals surface area contributed by atoms with Crippen LogP contribution in [0.25, 0.3) is 11.0 Å². The molecule has 1 amide bonds. The first-order valence-electron chi connectivity index (χ1n) is 8.28. The summed E-state index contributed by atoms with van der Waals surface area (Å²) in [5, 5.41) is 4.65. The molecule has 1 N–H and O–H groups in total. The Morgan fingerprint density at radius 2 is 2.04 bits per heavy atom. The molecule has 4 nitrogen and oxygen atoms in total. The van der Waals surface area contributed by atoms with Crippen LogP contribution in [0.3, 0.4) is 0 Å². The van der Waals surface area contributed by atoms with Crippen LogP contribution in [0.1, 0.15) is 11.1 Å². The van der Waals surface area contributed by atoms with Gasteiger partial charge in [0, 0.05) is 40.1 Å². The van der Waals surface area contributed by atoms with Crippen LogP contribution in [0.15, 0.2) is 53.1 Å². The summed E-state index contributed by atoms with van der Waals surface area (Å²) >= 11 is 7.65. The van der Waals surface area contributed by atoms with Crippen molar-refractivity contribution >= 4 is 40.2 Å². The molecule has 0 unspecified atom stereocenters. The van der Waals surface area contributed by atoms with Crippen LogP contribution in [0.2, 0.25) is 5.02 Å². The lowest BCUT2D eigenvalue weighted by Gasteiger charge is -2.05. The molecule has 1 heterocycles. The van der Waals surface area contributed by atoms with Crippen LogP contribution in [0, 0.1) is 0 Å². The van der Waals surface area contributed by atoms with Crippen LogP contribution in [-0.4, -0.2) is 25.3 Å². The molecule has 6 heteroatoms. The average molecular weight is 390 g/mol. The molecular formula is C20H20ClNO3S. The highest BCUT2D eigenvalue weighted by atomic mass is 35.5. The lowest BCUT2D eigenvalue weighted by molar-refractivity contribution is -0.120. The fraction of sp³-hybridized carbons (Fsp3) is 0.250. The van der Waals surface area contributed by atoms with E-state index in [1.54, 1.807) is 25.1 Å². The maximum atomic E-state index is 12.1. The Morgan fingerprint density at radius 1 is 1.23 bits per heavy atom. The van der Waals surface area contributed by atoms with Gasteiger partial charge in [-0.3, -0.25) is 4.79 Å². The average Bonchev–Trinajstić information content (AvgIpc) is 3.05. The van der Waals surface area contributed by atoms with Crippen LogP contribution in [0.5, 0.6) is 5.75 Å². The Hall–Kier alpha value is -2.11. The Labute approximate surface area is 161 Å². The van der Waals surface area contributed by atoms with Crippen molar-refractivity contribution < 1.29 is 13.9 Å². The number of fused-ring (bicyclic) bond motifs is 1. The van der Waals surface area contributed by atoms with Gasteiger partial charge in [0.25, 0.3) is 0 Å². The number of ether oxygens (including phenoxy) is 1. The number of hydrogen-bond donors (Lipinski definition) is 1. The van der Waals surface area contributed by atoms with Crippen molar-refractivity contribution in [2.75, 3.05) is 19.4 Å². The van der Waals surface area contributed by atoms with Gasteiger partial charge >= 0.3 is 0 Å². The largest absolute Gasteiger partial charge is 0.497 e. The lowest BCUT2D eigenvalue weighted by Crippen LogP contribution is -2.27. The quantitative estimate of drug-likeness (QED) is 0.568. The normalized spacial score (nSPS) is 10.8. The monoisotopic (exact) mass is 389 g/mol. The minimum Gasteiger partial charge on any atom is -0.497 e. The van der Waals surface area contributed by atoms with Crippen LogP contribution in [0.4, 0.5) is 0 Å². The summed E-state index contributed by atoms with van der Waals surface area (Å²) in [6.45, 7) is 0.640. The van der Waals surface area contributed by atoms with Crippen molar-refractivity contribution in [1.29, 1.82) is 0 Å². The van der Waals surface area contributed by atoms with Crippen molar-refractivity contribution in [3.63, 3.8) is 0 Å². The summed E-state index contributed by atoms with van der Waals surface area (Å²) in [5.41, 5.74) is 2.84. The number of carbonyl (C=O) groups is 1. The first-order chi connectivity index (χ1) is 12.7. The van der Waals surface area contributed by atoms with Gasteiger partial charge in [-0.15, -0.1) is 0 Å². The zero-order valence-corrected chi connectivity index (χ0v) is 16.0. The molecule has 2 aromatic carbocycles. The molecule has 3 aromatic rings. The summed E-state index contributed by atoms with van der Waals surface area (Å²) in [5.74, 6) is 2.50. The van der Waals surface area contributed by atoms with Crippen LogP contribution >= 0.6 is 23.4 Å². The van der Waals surface area contributed by atoms with E-state index < -0.39 is 0 Å². The van der Waals surface area contributed by atoms with Crippen LogP contribution in [-0.2, 0) is 17.0 Å². The van der Waals surface area contributed by atoms with Gasteiger partial charge in [0.2, 0.25) is 5.91 Å². The predicted molar refractivity (Wildman–Crippen MR) is 107 cm³/mol. The molecule has 136 valence electrons. The van der Waals surface area contributed by atoms with Gasteiger partial charge in [0.1, 0.15) is 11.3 Å². The standard InChI is InChI=1S/C20H20ClNO3S/c1-24-17-6-7-18-15(12-25-19(18)11-17)10-20(23)22-8-9-26-13-14-2-4-16(21)5-3-14/h2-7,11-12H,8-10,13H2,1H3,(H,22,23). The van der Waals surface area contributed by atoms with Gasteiger partial charge in [-0.25, -0.2) is 0 Å². The molecule has 0 aliphatic heterocycles. The molecule has 0 aliphatic rings.